The van der Waals surface area contributed by atoms with E-state index in [0.29, 0.717) is 55.1 Å². The molecule has 14 heteroatoms. The Morgan fingerprint density at radius 1 is 1.05 bits per heavy atom. The molecule has 3 atom stereocenters. The molecule has 2 heterocycles. The molecule has 314 valence electrons. The number of nitrogens with zero attached hydrogens (tertiary/aromatic N) is 5. The fraction of sp³-hybridized carbons (Fsp3) is 0.533. The second-order valence-corrected chi connectivity index (χ2v) is 17.6. The number of carbonyl (C=O) groups is 2. The average Bonchev–Trinajstić information content (AvgIpc) is 3.89. The van der Waals surface area contributed by atoms with E-state index in [9.17, 15) is 22.8 Å². The zero-order valence-corrected chi connectivity index (χ0v) is 34.5. The molecule has 2 aromatic heterocycles. The van der Waals surface area contributed by atoms with E-state index in [1.54, 1.807) is 0 Å². The van der Waals surface area contributed by atoms with E-state index in [1.165, 1.54) is 29.8 Å². The summed E-state index contributed by atoms with van der Waals surface area (Å²) in [7, 11) is 1.15. The molecule has 0 radical (unpaired) electrons. The summed E-state index contributed by atoms with van der Waals surface area (Å²) in [5, 5.41) is 8.51. The summed E-state index contributed by atoms with van der Waals surface area (Å²) in [5.41, 5.74) is 3.05. The summed E-state index contributed by atoms with van der Waals surface area (Å²) in [4.78, 5) is 32.6. The van der Waals surface area contributed by atoms with Crippen LogP contribution in [0.25, 0.3) is 0 Å². The third kappa shape index (κ3) is 8.03. The van der Waals surface area contributed by atoms with Crippen molar-refractivity contribution in [3.05, 3.63) is 94.0 Å². The normalized spacial score (nSPS) is 24.3. The van der Waals surface area contributed by atoms with Crippen LogP contribution in [0.3, 0.4) is 0 Å². The Labute approximate surface area is 347 Å². The van der Waals surface area contributed by atoms with Gasteiger partial charge in [0.15, 0.2) is 0 Å². The summed E-state index contributed by atoms with van der Waals surface area (Å²) in [6.07, 6.45) is 5.86. The number of aromatic nitrogens is 4. The van der Waals surface area contributed by atoms with Gasteiger partial charge in [-0.1, -0.05) is 42.8 Å². The molecule has 4 aromatic rings. The lowest BCUT2D eigenvalue weighted by molar-refractivity contribution is -0.174. The van der Waals surface area contributed by atoms with E-state index in [2.05, 4.69) is 41.3 Å². The van der Waals surface area contributed by atoms with Crippen molar-refractivity contribution >= 4 is 29.2 Å². The van der Waals surface area contributed by atoms with Crippen molar-refractivity contribution < 1.29 is 37.0 Å². The largest absolute Gasteiger partial charge is 0.493 e. The lowest BCUT2D eigenvalue weighted by Gasteiger charge is -2.51. The van der Waals surface area contributed by atoms with Crippen LogP contribution in [0.5, 0.6) is 11.5 Å². The van der Waals surface area contributed by atoms with E-state index < -0.39 is 29.0 Å². The predicted molar refractivity (Wildman–Crippen MR) is 216 cm³/mol. The number of rotatable bonds is 13. The Balaban J connectivity index is 1.09. The summed E-state index contributed by atoms with van der Waals surface area (Å²) in [6.45, 7) is 5.80. The van der Waals surface area contributed by atoms with Gasteiger partial charge in [-0.2, -0.15) is 13.2 Å². The Morgan fingerprint density at radius 3 is 2.58 bits per heavy atom. The van der Waals surface area contributed by atoms with Gasteiger partial charge in [-0.15, -0.1) is 5.10 Å². The predicted octanol–water partition coefficient (Wildman–Crippen LogP) is 9.32. The van der Waals surface area contributed by atoms with E-state index in [1.807, 2.05) is 29.2 Å². The maximum atomic E-state index is 14.5. The lowest BCUT2D eigenvalue weighted by Crippen LogP contribution is -2.63. The number of pyridine rings is 1. The minimum absolute atomic E-state index is 0.0583. The molecule has 2 aromatic carbocycles. The highest BCUT2D eigenvalue weighted by atomic mass is 35.5. The van der Waals surface area contributed by atoms with Crippen LogP contribution in [-0.2, 0) is 39.1 Å². The molecule has 4 aliphatic carbocycles. The molecule has 8 rings (SSSR count). The Kier molecular flexibility index (Phi) is 11.4. The third-order valence-corrected chi connectivity index (χ3v) is 13.6. The lowest BCUT2D eigenvalue weighted by atomic mass is 9.59. The maximum absolute atomic E-state index is 14.5. The first-order chi connectivity index (χ1) is 28.3. The van der Waals surface area contributed by atoms with Crippen LogP contribution < -0.4 is 14.4 Å². The van der Waals surface area contributed by atoms with Crippen molar-refractivity contribution in [3.63, 3.8) is 0 Å². The highest BCUT2D eigenvalue weighted by Crippen LogP contribution is 2.58. The van der Waals surface area contributed by atoms with Crippen molar-refractivity contribution in [1.29, 1.82) is 0 Å². The quantitative estimate of drug-likeness (QED) is 0.123. The highest BCUT2D eigenvalue weighted by Gasteiger charge is 2.60. The van der Waals surface area contributed by atoms with Crippen LogP contribution in [0.4, 0.5) is 18.9 Å². The van der Waals surface area contributed by atoms with Gasteiger partial charge in [-0.25, -0.2) is 9.48 Å². The minimum Gasteiger partial charge on any atom is -0.493 e. The Bertz CT molecular complexity index is 2180. The van der Waals surface area contributed by atoms with E-state index >= 15 is 0 Å². The van der Waals surface area contributed by atoms with Crippen molar-refractivity contribution in [3.8, 4) is 11.5 Å². The van der Waals surface area contributed by atoms with Gasteiger partial charge in [0, 0.05) is 34.1 Å². The molecule has 1 amide bonds. The highest BCUT2D eigenvalue weighted by molar-refractivity contribution is 6.31. The van der Waals surface area contributed by atoms with Crippen molar-refractivity contribution in [1.82, 2.24) is 20.0 Å². The molecule has 0 unspecified atom stereocenters. The molecule has 59 heavy (non-hydrogen) atoms. The monoisotopic (exact) mass is 833 g/mol. The minimum atomic E-state index is -5.26. The van der Waals surface area contributed by atoms with Crippen LogP contribution in [0.1, 0.15) is 112 Å². The number of ether oxygens (including phenoxy) is 3. The van der Waals surface area contributed by atoms with E-state index in [-0.39, 0.29) is 35.4 Å². The number of hydrogen-bond acceptors (Lipinski definition) is 8. The number of hydrogen-bond donors (Lipinski definition) is 0. The molecule has 0 aliphatic heterocycles. The van der Waals surface area contributed by atoms with Crippen molar-refractivity contribution in [2.45, 2.75) is 120 Å². The number of anilines is 1. The number of halogens is 4. The zero-order valence-electron chi connectivity index (χ0n) is 33.8. The van der Waals surface area contributed by atoms with E-state index in [0.717, 1.165) is 80.3 Å². The van der Waals surface area contributed by atoms with Gasteiger partial charge in [0.05, 0.1) is 32.2 Å². The molecule has 0 saturated heterocycles. The smallest absolute Gasteiger partial charge is 0.471 e. The summed E-state index contributed by atoms with van der Waals surface area (Å²) >= 11 is 6.27. The van der Waals surface area contributed by atoms with Gasteiger partial charge < -0.3 is 14.2 Å². The SMILES string of the molecule is COC(=O)C1(N(C(=O)C(F)(F)F)c2cccc(Cl)c2)CCC2(CC1)c1cc(OCCn3nncc3C3CC3)ccc1C[C@@H]2C[C@@H](C)COc1ccnc2c1[C@H](C)CCC2. The van der Waals surface area contributed by atoms with Crippen LogP contribution in [0, 0.1) is 11.8 Å². The number of amides is 1. The first kappa shape index (κ1) is 41.1. The number of esters is 1. The molecule has 0 bridgehead atoms. The Hall–Kier alpha value is -4.65. The molecular weight excluding hydrogens is 783 g/mol. The second kappa shape index (κ2) is 16.4. The molecule has 0 N–H and O–H groups in total. The van der Waals surface area contributed by atoms with Crippen molar-refractivity contribution in [2.24, 2.45) is 11.8 Å². The van der Waals surface area contributed by atoms with Crippen LogP contribution in [0.15, 0.2) is 60.9 Å². The summed E-state index contributed by atoms with van der Waals surface area (Å²) in [6, 6.07) is 13.7. The number of benzene rings is 2. The standard InChI is InChI=1S/C45H51ClF3N5O5/c1-28(27-59-39-14-19-50-37-9-4-6-29(2)40(37)39)22-32-23-31-12-13-35(58-21-20-53-38(26-51-52-53)30-10-11-30)25-36(31)43(32)15-17-44(18-16-43,42(56)57-3)54(41(55)45(47,48)49)34-8-5-7-33(46)24-34/h5,7-8,12-14,19,24-26,28-30,32H,4,6,9-11,15-18,20-23,27H2,1-3H3/t28-,29-,32+,43?,44?/m1/s1. The number of fused-ring (bicyclic) bond motifs is 3. The van der Waals surface area contributed by atoms with Gasteiger partial charge in [0.2, 0.25) is 0 Å². The molecule has 2 fully saturated rings. The summed E-state index contributed by atoms with van der Waals surface area (Å²) in [5.74, 6) is -0.419. The molecule has 2 saturated carbocycles. The first-order valence-electron chi connectivity index (χ1n) is 20.8. The molecule has 10 nitrogen and oxygen atoms in total. The van der Waals surface area contributed by atoms with Crippen LogP contribution >= 0.6 is 11.6 Å². The van der Waals surface area contributed by atoms with Gasteiger partial charge in [-0.3, -0.25) is 14.7 Å². The fourth-order valence-electron chi connectivity index (χ4n) is 10.3. The second-order valence-electron chi connectivity index (χ2n) is 17.1. The number of carbonyl (C=O) groups excluding carboxylic acids is 2. The van der Waals surface area contributed by atoms with Gasteiger partial charge in [0.1, 0.15) is 23.6 Å². The summed E-state index contributed by atoms with van der Waals surface area (Å²) < 4.78 is 63.5. The fourth-order valence-corrected chi connectivity index (χ4v) is 10.5. The van der Waals surface area contributed by atoms with Gasteiger partial charge in [-0.05, 0) is 141 Å². The van der Waals surface area contributed by atoms with Gasteiger partial charge >= 0.3 is 18.1 Å². The Morgan fingerprint density at radius 2 is 1.85 bits per heavy atom. The van der Waals surface area contributed by atoms with Crippen molar-refractivity contribution in [2.75, 3.05) is 25.2 Å². The number of methoxy groups -OCH3 is 1. The van der Waals surface area contributed by atoms with Crippen LogP contribution in [-0.4, -0.2) is 63.9 Å². The maximum Gasteiger partial charge on any atom is 0.471 e. The number of alkyl halides is 3. The van der Waals surface area contributed by atoms with Crippen LogP contribution in [0.2, 0.25) is 5.02 Å². The van der Waals surface area contributed by atoms with E-state index in [4.69, 9.17) is 25.8 Å². The van der Waals surface area contributed by atoms with Gasteiger partial charge in [0.25, 0.3) is 0 Å². The molecule has 1 spiro atoms. The molecular formula is C45H51ClF3N5O5. The average molecular weight is 834 g/mol. The zero-order chi connectivity index (χ0) is 41.5. The topological polar surface area (TPSA) is 109 Å². The third-order valence-electron chi connectivity index (χ3n) is 13.3. The first-order valence-corrected chi connectivity index (χ1v) is 21.2. The molecule has 4 aliphatic rings. The number of aryl methyl sites for hydroxylation is 1.